The molecule has 0 heterocycles. The zero-order valence-electron chi connectivity index (χ0n) is 17.5. The quantitative estimate of drug-likeness (QED) is 0.530. The number of ether oxygens (including phenoxy) is 2. The summed E-state index contributed by atoms with van der Waals surface area (Å²) in [5.74, 6) is -0.355. The van der Waals surface area contributed by atoms with E-state index in [4.69, 9.17) is 9.47 Å². The van der Waals surface area contributed by atoms with E-state index in [-0.39, 0.29) is 12.4 Å². The van der Waals surface area contributed by atoms with Crippen LogP contribution in [0.2, 0.25) is 0 Å². The number of rotatable bonds is 6. The molecule has 0 aliphatic carbocycles. The molecule has 3 aromatic rings. The molecule has 3 aromatic carbocycles. The van der Waals surface area contributed by atoms with Gasteiger partial charge in [0.1, 0.15) is 5.75 Å². The third kappa shape index (κ3) is 4.66. The van der Waals surface area contributed by atoms with Gasteiger partial charge >= 0.3 is 5.97 Å². The summed E-state index contributed by atoms with van der Waals surface area (Å²) < 4.78 is 11.2. The highest BCUT2D eigenvalue weighted by molar-refractivity contribution is 5.95. The molecule has 3 rings (SSSR count). The Morgan fingerprint density at radius 3 is 1.52 bits per heavy atom. The van der Waals surface area contributed by atoms with Gasteiger partial charge in [0.05, 0.1) is 5.56 Å². The summed E-state index contributed by atoms with van der Waals surface area (Å²) in [5.41, 5.74) is 7.95. The maximum atomic E-state index is 11.9. The second-order valence-corrected chi connectivity index (χ2v) is 7.51. The maximum Gasteiger partial charge on any atom is 0.335 e. The zero-order valence-corrected chi connectivity index (χ0v) is 17.5. The Morgan fingerprint density at radius 1 is 0.759 bits per heavy atom. The molecule has 0 bridgehead atoms. The van der Waals surface area contributed by atoms with Gasteiger partial charge in [-0.3, -0.25) is 0 Å². The summed E-state index contributed by atoms with van der Waals surface area (Å²) in [7, 11) is 1.57. The van der Waals surface area contributed by atoms with Crippen LogP contribution in [0.1, 0.15) is 32.6 Å². The topological polar surface area (TPSA) is 55.8 Å². The number of benzene rings is 3. The monoisotopic (exact) mass is 390 g/mol. The lowest BCUT2D eigenvalue weighted by atomic mass is 9.92. The number of hydrogen-bond acceptors (Lipinski definition) is 3. The number of carboxylic acids is 1. The molecule has 150 valence electrons. The van der Waals surface area contributed by atoms with E-state index in [1.165, 1.54) is 0 Å². The first kappa shape index (κ1) is 20.6. The number of hydrogen-bond donors (Lipinski definition) is 1. The third-order valence-corrected chi connectivity index (χ3v) is 4.72. The molecule has 0 amide bonds. The number of carboxylic acid groups (broad SMARTS) is 1. The van der Waals surface area contributed by atoms with Crippen molar-refractivity contribution in [2.24, 2.45) is 0 Å². The Hall–Kier alpha value is -3.11. The van der Waals surface area contributed by atoms with Crippen molar-refractivity contribution in [3.05, 3.63) is 76.3 Å². The summed E-state index contributed by atoms with van der Waals surface area (Å²) in [6.07, 6.45) is 0. The van der Waals surface area contributed by atoms with E-state index in [0.29, 0.717) is 5.75 Å². The van der Waals surface area contributed by atoms with E-state index >= 15 is 0 Å². The SMILES string of the molecule is COCOc1c(-c2cc(C)cc(C)c2)cc(C(=O)O)cc1-c1cc(C)cc(C)c1. The standard InChI is InChI=1S/C25H26O4/c1-15-6-16(2)9-19(8-15)22-12-21(25(26)27)13-23(24(22)29-14-28-5)20-10-17(3)7-18(4)11-20/h6-13H,14H2,1-5H3,(H,26,27). The predicted octanol–water partition coefficient (Wildman–Crippen LogP) is 5.94. The average molecular weight is 390 g/mol. The Bertz CT molecular complexity index is 953. The smallest absolute Gasteiger partial charge is 0.335 e. The molecule has 1 N–H and O–H groups in total. The summed E-state index contributed by atoms with van der Waals surface area (Å²) in [5, 5.41) is 9.75. The molecule has 29 heavy (non-hydrogen) atoms. The Kier molecular flexibility index (Phi) is 6.04. The van der Waals surface area contributed by atoms with Gasteiger partial charge in [0, 0.05) is 18.2 Å². The fourth-order valence-electron chi connectivity index (χ4n) is 3.71. The van der Waals surface area contributed by atoms with Crippen molar-refractivity contribution in [1.29, 1.82) is 0 Å². The highest BCUT2D eigenvalue weighted by Crippen LogP contribution is 2.41. The second-order valence-electron chi connectivity index (χ2n) is 7.51. The first-order valence-electron chi connectivity index (χ1n) is 9.49. The Labute approximate surface area is 171 Å². The highest BCUT2D eigenvalue weighted by atomic mass is 16.7. The fourth-order valence-corrected chi connectivity index (χ4v) is 3.71. The molecular formula is C25H26O4. The lowest BCUT2D eigenvalue weighted by Gasteiger charge is -2.18. The van der Waals surface area contributed by atoms with E-state index in [0.717, 1.165) is 44.5 Å². The van der Waals surface area contributed by atoms with E-state index in [1.807, 2.05) is 52.0 Å². The van der Waals surface area contributed by atoms with E-state index in [9.17, 15) is 9.90 Å². The first-order chi connectivity index (χ1) is 13.8. The summed E-state index contributed by atoms with van der Waals surface area (Å²) >= 11 is 0. The van der Waals surface area contributed by atoms with Gasteiger partial charge in [-0.05, 0) is 51.0 Å². The Morgan fingerprint density at radius 2 is 1.17 bits per heavy atom. The van der Waals surface area contributed by atoms with Crippen molar-refractivity contribution in [3.8, 4) is 28.0 Å². The van der Waals surface area contributed by atoms with Crippen LogP contribution in [0.15, 0.2) is 48.5 Å². The molecular weight excluding hydrogens is 364 g/mol. The zero-order chi connectivity index (χ0) is 21.1. The average Bonchev–Trinajstić information content (AvgIpc) is 2.64. The number of methoxy groups -OCH3 is 1. The largest absolute Gasteiger partial charge is 0.478 e. The van der Waals surface area contributed by atoms with Crippen molar-refractivity contribution in [3.63, 3.8) is 0 Å². The summed E-state index contributed by atoms with van der Waals surface area (Å²) in [6.45, 7) is 8.17. The lowest BCUT2D eigenvalue weighted by Crippen LogP contribution is -2.05. The summed E-state index contributed by atoms with van der Waals surface area (Å²) in [6, 6.07) is 15.7. The fraction of sp³-hybridized carbons (Fsp3) is 0.240. The van der Waals surface area contributed by atoms with Crippen LogP contribution in [0.3, 0.4) is 0 Å². The van der Waals surface area contributed by atoms with Crippen LogP contribution in [-0.4, -0.2) is 25.0 Å². The molecule has 0 unspecified atom stereocenters. The van der Waals surface area contributed by atoms with Gasteiger partial charge in [0.2, 0.25) is 0 Å². The van der Waals surface area contributed by atoms with E-state index in [2.05, 4.69) is 12.1 Å². The molecule has 0 spiro atoms. The number of carbonyl (C=O) groups is 1. The van der Waals surface area contributed by atoms with Gasteiger partial charge in [-0.1, -0.05) is 58.7 Å². The molecule has 0 radical (unpaired) electrons. The minimum absolute atomic E-state index is 0.0714. The normalized spacial score (nSPS) is 10.8. The van der Waals surface area contributed by atoms with Crippen LogP contribution in [0.25, 0.3) is 22.3 Å². The molecule has 0 saturated carbocycles. The minimum atomic E-state index is -0.973. The van der Waals surface area contributed by atoms with Gasteiger partial charge in [-0.15, -0.1) is 0 Å². The van der Waals surface area contributed by atoms with E-state index in [1.54, 1.807) is 19.2 Å². The van der Waals surface area contributed by atoms with Crippen LogP contribution in [0.4, 0.5) is 0 Å². The van der Waals surface area contributed by atoms with Crippen LogP contribution < -0.4 is 4.74 Å². The van der Waals surface area contributed by atoms with Crippen LogP contribution >= 0.6 is 0 Å². The van der Waals surface area contributed by atoms with Gasteiger partial charge < -0.3 is 14.6 Å². The molecule has 4 nitrogen and oxygen atoms in total. The highest BCUT2D eigenvalue weighted by Gasteiger charge is 2.19. The van der Waals surface area contributed by atoms with Gasteiger partial charge in [0.15, 0.2) is 6.79 Å². The Balaban J connectivity index is 2.36. The molecule has 4 heteroatoms. The van der Waals surface area contributed by atoms with Crippen molar-refractivity contribution in [2.45, 2.75) is 27.7 Å². The molecule has 0 aliphatic heterocycles. The van der Waals surface area contributed by atoms with Crippen molar-refractivity contribution < 1.29 is 19.4 Å². The molecule has 0 aromatic heterocycles. The van der Waals surface area contributed by atoms with Gasteiger partial charge in [-0.2, -0.15) is 0 Å². The molecule has 0 fully saturated rings. The molecule has 0 saturated heterocycles. The minimum Gasteiger partial charge on any atom is -0.478 e. The van der Waals surface area contributed by atoms with Crippen molar-refractivity contribution in [1.82, 2.24) is 0 Å². The second kappa shape index (κ2) is 8.50. The van der Waals surface area contributed by atoms with E-state index < -0.39 is 5.97 Å². The van der Waals surface area contributed by atoms with Crippen LogP contribution in [0.5, 0.6) is 5.75 Å². The third-order valence-electron chi connectivity index (χ3n) is 4.72. The summed E-state index contributed by atoms with van der Waals surface area (Å²) in [4.78, 5) is 11.9. The van der Waals surface area contributed by atoms with Gasteiger partial charge in [-0.25, -0.2) is 4.79 Å². The van der Waals surface area contributed by atoms with Crippen molar-refractivity contribution in [2.75, 3.05) is 13.9 Å². The van der Waals surface area contributed by atoms with Crippen molar-refractivity contribution >= 4 is 5.97 Å². The number of aromatic carboxylic acids is 1. The maximum absolute atomic E-state index is 11.9. The predicted molar refractivity (Wildman–Crippen MR) is 116 cm³/mol. The molecule has 0 atom stereocenters. The number of aryl methyl sites for hydroxylation is 4. The first-order valence-corrected chi connectivity index (χ1v) is 9.49. The lowest BCUT2D eigenvalue weighted by molar-refractivity contribution is 0.0519. The van der Waals surface area contributed by atoms with Gasteiger partial charge in [0.25, 0.3) is 0 Å². The van der Waals surface area contributed by atoms with Crippen LogP contribution in [-0.2, 0) is 4.74 Å². The molecule has 0 aliphatic rings. The van der Waals surface area contributed by atoms with Crippen LogP contribution in [0, 0.1) is 27.7 Å².